The Hall–Kier alpha value is -2.64. The molecule has 0 saturated carbocycles. The van der Waals surface area contributed by atoms with Gasteiger partial charge in [-0.2, -0.15) is 0 Å². The van der Waals surface area contributed by atoms with Gasteiger partial charge in [0.2, 0.25) is 0 Å². The minimum Gasteiger partial charge on any atom is -0.506 e. The Morgan fingerprint density at radius 1 is 1.07 bits per heavy atom. The first-order valence-electron chi connectivity index (χ1n) is 8.70. The van der Waals surface area contributed by atoms with Gasteiger partial charge >= 0.3 is 0 Å². The van der Waals surface area contributed by atoms with E-state index in [9.17, 15) is 9.90 Å². The molecule has 0 saturated heterocycles. The Morgan fingerprint density at radius 2 is 1.79 bits per heavy atom. The lowest BCUT2D eigenvalue weighted by molar-refractivity contribution is -0.110. The summed E-state index contributed by atoms with van der Waals surface area (Å²) in [5.41, 5.74) is 3.18. The molecule has 5 nitrogen and oxygen atoms in total. The topological polar surface area (TPSA) is 71.5 Å². The van der Waals surface area contributed by atoms with Gasteiger partial charge in [-0.05, 0) is 57.0 Å². The average Bonchev–Trinajstić information content (AvgIpc) is 3.04. The van der Waals surface area contributed by atoms with E-state index in [0.29, 0.717) is 15.9 Å². The van der Waals surface area contributed by atoms with Crippen molar-refractivity contribution >= 4 is 49.2 Å². The summed E-state index contributed by atoms with van der Waals surface area (Å²) in [5.74, 6) is 1.53. The van der Waals surface area contributed by atoms with E-state index in [2.05, 4.69) is 42.2 Å². The van der Waals surface area contributed by atoms with Crippen molar-refractivity contribution in [2.45, 2.75) is 6.92 Å². The molecule has 148 valence electrons. The molecule has 3 aromatic rings. The van der Waals surface area contributed by atoms with Crippen molar-refractivity contribution in [3.05, 3.63) is 75.3 Å². The first-order chi connectivity index (χ1) is 14.0. The largest absolute Gasteiger partial charge is 0.506 e. The summed E-state index contributed by atoms with van der Waals surface area (Å²) in [7, 11) is 1.62. The smallest absolute Gasteiger partial charge is 0.257 e. The predicted octanol–water partition coefficient (Wildman–Crippen LogP) is 6.03. The van der Waals surface area contributed by atoms with Crippen LogP contribution in [0, 0.1) is 0 Å². The molecule has 7 heteroatoms. The molecule has 2 aromatic carbocycles. The Balaban J connectivity index is 0.000000169. The molecule has 4 rings (SSSR count). The zero-order valence-electron chi connectivity index (χ0n) is 15.7. The van der Waals surface area contributed by atoms with Crippen molar-refractivity contribution < 1.29 is 14.6 Å². The fourth-order valence-electron chi connectivity index (χ4n) is 2.93. The first kappa shape index (κ1) is 21.1. The van der Waals surface area contributed by atoms with Crippen molar-refractivity contribution in [1.82, 2.24) is 4.98 Å². The van der Waals surface area contributed by atoms with Crippen LogP contribution in [0.15, 0.2) is 69.7 Å². The summed E-state index contributed by atoms with van der Waals surface area (Å²) >= 11 is 6.61. The number of methoxy groups -OCH3 is 1. The molecule has 0 unspecified atom stereocenters. The highest BCUT2D eigenvalue weighted by molar-refractivity contribution is 9.10. The van der Waals surface area contributed by atoms with E-state index in [0.717, 1.165) is 26.9 Å². The number of fused-ring (bicyclic) bond motifs is 1. The van der Waals surface area contributed by atoms with Crippen LogP contribution in [0.4, 0.5) is 5.82 Å². The minimum absolute atomic E-state index is 0.0805. The third kappa shape index (κ3) is 4.52. The van der Waals surface area contributed by atoms with Crippen LogP contribution < -0.4 is 10.1 Å². The lowest BCUT2D eigenvalue weighted by Crippen LogP contribution is -2.03. The third-order valence-corrected chi connectivity index (χ3v) is 5.37. The molecule has 1 amide bonds. The monoisotopic (exact) mass is 516 g/mol. The molecule has 29 heavy (non-hydrogen) atoms. The van der Waals surface area contributed by atoms with E-state index in [1.807, 2.05) is 49.4 Å². The highest BCUT2D eigenvalue weighted by atomic mass is 79.9. The van der Waals surface area contributed by atoms with Crippen LogP contribution in [0.5, 0.6) is 11.5 Å². The summed E-state index contributed by atoms with van der Waals surface area (Å²) in [6.07, 6.45) is 3.45. The van der Waals surface area contributed by atoms with Crippen molar-refractivity contribution in [2.24, 2.45) is 0 Å². The number of rotatable bonds is 2. The molecule has 0 aliphatic carbocycles. The Bertz CT molecular complexity index is 1100. The molecular weight excluding hydrogens is 500 g/mol. The van der Waals surface area contributed by atoms with Crippen LogP contribution in [0.25, 0.3) is 16.7 Å². The molecular formula is C22H18Br2N2O3. The quantitative estimate of drug-likeness (QED) is 0.407. The highest BCUT2D eigenvalue weighted by Gasteiger charge is 2.24. The number of carbonyl (C=O) groups is 1. The number of nitrogens with one attached hydrogen (secondary N) is 1. The molecule has 0 fully saturated rings. The minimum atomic E-state index is -0.0805. The van der Waals surface area contributed by atoms with Gasteiger partial charge in [0, 0.05) is 32.9 Å². The Morgan fingerprint density at radius 3 is 2.52 bits per heavy atom. The number of allylic oxidation sites excluding steroid dienone is 1. The number of amides is 1. The number of benzene rings is 2. The molecule has 2 N–H and O–H groups in total. The van der Waals surface area contributed by atoms with E-state index in [1.54, 1.807) is 25.4 Å². The van der Waals surface area contributed by atoms with Crippen molar-refractivity contribution in [3.63, 3.8) is 0 Å². The van der Waals surface area contributed by atoms with Gasteiger partial charge in [-0.15, -0.1) is 0 Å². The maximum Gasteiger partial charge on any atom is 0.257 e. The summed E-state index contributed by atoms with van der Waals surface area (Å²) in [5, 5.41) is 12.7. The van der Waals surface area contributed by atoms with Crippen LogP contribution in [0.2, 0.25) is 0 Å². The van der Waals surface area contributed by atoms with Crippen molar-refractivity contribution in [2.75, 3.05) is 12.4 Å². The number of hydrogen-bond donors (Lipinski definition) is 2. The summed E-state index contributed by atoms with van der Waals surface area (Å²) in [6.45, 7) is 1.84. The lowest BCUT2D eigenvalue weighted by Gasteiger charge is -2.10. The number of ether oxygens (including phenoxy) is 1. The van der Waals surface area contributed by atoms with Crippen LogP contribution in [-0.4, -0.2) is 23.1 Å². The highest BCUT2D eigenvalue weighted by Crippen LogP contribution is 2.39. The van der Waals surface area contributed by atoms with Gasteiger partial charge in [-0.1, -0.05) is 36.4 Å². The standard InChI is InChI=1S/C13H11BrO2.C9H7BrN2O/c1-16-12-8-3-2-5-9(12)10-6-4-7-11(14)13(10)15;1-2-6-7-3-5(10)4-11-8(7)12-9(6)13/h2-8,15H,1H3;2-4H,1H3,(H,11,12,13)/b;6-2-. The number of phenolic OH excluding ortho intramolecular Hbond substituents is 1. The van der Waals surface area contributed by atoms with Crippen molar-refractivity contribution in [1.29, 1.82) is 0 Å². The van der Waals surface area contributed by atoms with Gasteiger partial charge in [0.15, 0.2) is 0 Å². The number of nitrogens with zero attached hydrogens (tertiary/aromatic N) is 1. The molecule has 0 radical (unpaired) electrons. The fraction of sp³-hybridized carbons (Fsp3) is 0.0909. The molecule has 1 aromatic heterocycles. The number of carbonyl (C=O) groups excluding carboxylic acids is 1. The number of pyridine rings is 1. The SMILES string of the molecule is C/C=C1\C(=O)Nc2ncc(Br)cc21.COc1ccccc1-c1cccc(Br)c1O. The maximum atomic E-state index is 11.3. The Kier molecular flexibility index (Phi) is 6.71. The predicted molar refractivity (Wildman–Crippen MR) is 122 cm³/mol. The number of anilines is 1. The average molecular weight is 518 g/mol. The third-order valence-electron chi connectivity index (χ3n) is 4.29. The zero-order valence-corrected chi connectivity index (χ0v) is 18.9. The van der Waals surface area contributed by atoms with E-state index in [-0.39, 0.29) is 11.7 Å². The van der Waals surface area contributed by atoms with E-state index < -0.39 is 0 Å². The van der Waals surface area contributed by atoms with E-state index >= 15 is 0 Å². The first-order valence-corrected chi connectivity index (χ1v) is 10.3. The second-order valence-electron chi connectivity index (χ2n) is 6.04. The number of aromatic nitrogens is 1. The van der Waals surface area contributed by atoms with Crippen LogP contribution >= 0.6 is 31.9 Å². The number of hydrogen-bond acceptors (Lipinski definition) is 4. The zero-order chi connectivity index (χ0) is 21.0. The van der Waals surface area contributed by atoms with E-state index in [4.69, 9.17) is 4.74 Å². The Labute approximate surface area is 185 Å². The second kappa shape index (κ2) is 9.24. The number of halogens is 2. The summed E-state index contributed by atoms with van der Waals surface area (Å²) in [4.78, 5) is 15.4. The normalized spacial score (nSPS) is 13.4. The van der Waals surface area contributed by atoms with Crippen LogP contribution in [-0.2, 0) is 4.79 Å². The molecule has 0 spiro atoms. The number of aromatic hydroxyl groups is 1. The summed E-state index contributed by atoms with van der Waals surface area (Å²) < 4.78 is 6.82. The molecule has 1 aliphatic heterocycles. The number of phenols is 1. The lowest BCUT2D eigenvalue weighted by atomic mass is 10.0. The van der Waals surface area contributed by atoms with Crippen LogP contribution in [0.1, 0.15) is 12.5 Å². The van der Waals surface area contributed by atoms with E-state index in [1.165, 1.54) is 0 Å². The van der Waals surface area contributed by atoms with Crippen LogP contribution in [0.3, 0.4) is 0 Å². The summed E-state index contributed by atoms with van der Waals surface area (Å²) in [6, 6.07) is 15.0. The molecule has 1 aliphatic rings. The van der Waals surface area contributed by atoms with Crippen molar-refractivity contribution in [3.8, 4) is 22.6 Å². The molecule has 2 heterocycles. The van der Waals surface area contributed by atoms with Gasteiger partial charge < -0.3 is 15.2 Å². The number of para-hydroxylation sites is 2. The van der Waals surface area contributed by atoms with Gasteiger partial charge in [-0.25, -0.2) is 4.98 Å². The second-order valence-corrected chi connectivity index (χ2v) is 7.81. The molecule has 0 atom stereocenters. The fourth-order valence-corrected chi connectivity index (χ4v) is 3.63. The van der Waals surface area contributed by atoms with Gasteiger partial charge in [0.1, 0.15) is 17.3 Å². The van der Waals surface area contributed by atoms with Gasteiger partial charge in [-0.3, -0.25) is 4.79 Å². The maximum absolute atomic E-state index is 11.3. The molecule has 0 bridgehead atoms. The van der Waals surface area contributed by atoms with Gasteiger partial charge in [0.05, 0.1) is 11.6 Å². The van der Waals surface area contributed by atoms with Gasteiger partial charge in [0.25, 0.3) is 5.91 Å².